The molecule has 0 bridgehead atoms. The van der Waals surface area contributed by atoms with Crippen LogP contribution in [0.3, 0.4) is 0 Å². The van der Waals surface area contributed by atoms with E-state index in [0.717, 1.165) is 33.3 Å². The topological polar surface area (TPSA) is 82.5 Å². The third-order valence-corrected chi connectivity index (χ3v) is 10.00. The number of benzene rings is 2. The number of hydrogen-bond donors (Lipinski definition) is 0. The molecular formula is C36H45F2N3O6. The molecule has 1 spiro atoms. The first kappa shape index (κ1) is 33.2. The van der Waals surface area contributed by atoms with Crippen molar-refractivity contribution in [1.82, 2.24) is 9.47 Å². The molecule has 0 N–H and O–H groups in total. The Morgan fingerprint density at radius 3 is 2.38 bits per heavy atom. The van der Waals surface area contributed by atoms with Crippen LogP contribution in [-0.4, -0.2) is 80.1 Å². The van der Waals surface area contributed by atoms with Crippen LogP contribution < -0.4 is 9.64 Å². The van der Waals surface area contributed by atoms with Gasteiger partial charge in [-0.15, -0.1) is 0 Å². The van der Waals surface area contributed by atoms with Crippen molar-refractivity contribution in [3.05, 3.63) is 58.8 Å². The van der Waals surface area contributed by atoms with Crippen LogP contribution in [0.4, 0.5) is 19.3 Å². The third-order valence-electron chi connectivity index (χ3n) is 10.00. The fraction of sp³-hybridized carbons (Fsp3) is 0.556. The van der Waals surface area contributed by atoms with E-state index in [1.165, 1.54) is 11.7 Å². The first-order chi connectivity index (χ1) is 22.2. The van der Waals surface area contributed by atoms with Crippen LogP contribution in [0.5, 0.6) is 5.75 Å². The molecule has 3 aliphatic rings. The number of ether oxygens (including phenoxy) is 4. The smallest absolute Gasteiger partial charge is 0.419 e. The second kappa shape index (κ2) is 12.1. The number of aryl methyl sites for hydroxylation is 1. The second-order valence-corrected chi connectivity index (χ2v) is 14.5. The zero-order valence-electron chi connectivity index (χ0n) is 28.3. The molecule has 3 fully saturated rings. The maximum absolute atomic E-state index is 14.4. The van der Waals surface area contributed by atoms with Crippen LogP contribution in [0.2, 0.25) is 0 Å². The number of aromatic nitrogens is 1. The standard InChI is InChI=1S/C36H45F2N3O6/c1-22-14-30(45-6)27(25-10-12-41(31(22)25)33(43)47-34(2,3)4)19-39-13-11-35(20-36(37,38)21-35)16-29(39)26-9-8-23(32(42)46-7)15-28(26)40-17-24(18-40)44-5/h8-10,12,14-15,24,29H,11,13,16-21H2,1-7H3/t29-/m0/s1. The number of rotatable bonds is 7. The van der Waals surface area contributed by atoms with Crippen molar-refractivity contribution in [2.75, 3.05) is 45.9 Å². The van der Waals surface area contributed by atoms with Crippen LogP contribution in [0.1, 0.15) is 79.5 Å². The number of halogens is 2. The number of carbonyl (C=O) groups is 2. The molecule has 2 aromatic carbocycles. The molecule has 0 amide bonds. The van der Waals surface area contributed by atoms with Crippen molar-refractivity contribution in [2.45, 2.75) is 83.6 Å². The predicted octanol–water partition coefficient (Wildman–Crippen LogP) is 7.12. The highest BCUT2D eigenvalue weighted by atomic mass is 19.3. The molecule has 11 heteroatoms. The van der Waals surface area contributed by atoms with Gasteiger partial charge in [-0.1, -0.05) is 6.07 Å². The Kier molecular flexibility index (Phi) is 8.53. The Bertz CT molecular complexity index is 1680. The number of methoxy groups -OCH3 is 3. The minimum absolute atomic E-state index is 0.0721. The Balaban J connectivity index is 1.42. The fourth-order valence-corrected chi connectivity index (χ4v) is 7.74. The Hall–Kier alpha value is -3.70. The molecule has 47 heavy (non-hydrogen) atoms. The normalized spacial score (nSPS) is 21.0. The zero-order chi connectivity index (χ0) is 33.9. The first-order valence-corrected chi connectivity index (χ1v) is 16.2. The summed E-state index contributed by atoms with van der Waals surface area (Å²) in [5, 5.41) is 0.869. The number of carbonyl (C=O) groups excluding carboxylic acids is 2. The minimum atomic E-state index is -2.65. The molecule has 0 radical (unpaired) electrons. The second-order valence-electron chi connectivity index (χ2n) is 14.5. The molecule has 6 rings (SSSR count). The van der Waals surface area contributed by atoms with Crippen molar-refractivity contribution in [3.63, 3.8) is 0 Å². The summed E-state index contributed by atoms with van der Waals surface area (Å²) in [7, 11) is 4.67. The highest BCUT2D eigenvalue weighted by Crippen LogP contribution is 2.61. The summed E-state index contributed by atoms with van der Waals surface area (Å²) in [6.07, 6.45) is 2.31. The van der Waals surface area contributed by atoms with Gasteiger partial charge >= 0.3 is 12.1 Å². The fourth-order valence-electron chi connectivity index (χ4n) is 7.74. The van der Waals surface area contributed by atoms with Crippen LogP contribution in [-0.2, 0) is 20.8 Å². The summed E-state index contributed by atoms with van der Waals surface area (Å²) in [6, 6.07) is 9.21. The van der Waals surface area contributed by atoms with E-state index in [1.807, 2.05) is 52.0 Å². The van der Waals surface area contributed by atoms with Gasteiger partial charge < -0.3 is 23.8 Å². The largest absolute Gasteiger partial charge is 0.496 e. The Morgan fingerprint density at radius 1 is 1.04 bits per heavy atom. The SMILES string of the molecule is COC(=O)c1ccc([C@@H]2CC3(CCN2Cc2c(OC)cc(C)c4c2ccn4C(=O)OC(C)(C)C)CC(F)(F)C3)c(N2CC(OC)C2)c1. The van der Waals surface area contributed by atoms with E-state index in [2.05, 4.69) is 9.80 Å². The monoisotopic (exact) mass is 653 g/mol. The lowest BCUT2D eigenvalue weighted by molar-refractivity contribution is -0.186. The maximum atomic E-state index is 14.4. The average Bonchev–Trinajstić information content (AvgIpc) is 3.43. The lowest BCUT2D eigenvalue weighted by atomic mass is 9.58. The first-order valence-electron chi connectivity index (χ1n) is 16.2. The molecule has 1 atom stereocenters. The van der Waals surface area contributed by atoms with E-state index < -0.39 is 29.0 Å². The summed E-state index contributed by atoms with van der Waals surface area (Å²) < 4.78 is 52.6. The van der Waals surface area contributed by atoms with Gasteiger partial charge in [-0.25, -0.2) is 18.4 Å². The van der Waals surface area contributed by atoms with Gasteiger partial charge in [-0.2, -0.15) is 0 Å². The van der Waals surface area contributed by atoms with Gasteiger partial charge in [0.25, 0.3) is 0 Å². The predicted molar refractivity (Wildman–Crippen MR) is 175 cm³/mol. The minimum Gasteiger partial charge on any atom is -0.496 e. The Labute approximate surface area is 274 Å². The molecule has 2 aliphatic heterocycles. The molecular weight excluding hydrogens is 608 g/mol. The van der Waals surface area contributed by atoms with Crippen molar-refractivity contribution in [1.29, 1.82) is 0 Å². The summed E-state index contributed by atoms with van der Waals surface area (Å²) in [4.78, 5) is 30.3. The van der Waals surface area contributed by atoms with E-state index in [9.17, 15) is 18.4 Å². The average molecular weight is 654 g/mol. The summed E-state index contributed by atoms with van der Waals surface area (Å²) in [6.45, 7) is 9.83. The highest BCUT2D eigenvalue weighted by molar-refractivity contribution is 5.95. The molecule has 1 aliphatic carbocycles. The lowest BCUT2D eigenvalue weighted by Gasteiger charge is -2.55. The van der Waals surface area contributed by atoms with Crippen molar-refractivity contribution >= 4 is 28.7 Å². The van der Waals surface area contributed by atoms with E-state index in [0.29, 0.717) is 50.3 Å². The van der Waals surface area contributed by atoms with Gasteiger partial charge in [0.1, 0.15) is 11.4 Å². The van der Waals surface area contributed by atoms with E-state index >= 15 is 0 Å². The van der Waals surface area contributed by atoms with E-state index in [-0.39, 0.29) is 25.0 Å². The van der Waals surface area contributed by atoms with Crippen molar-refractivity contribution < 1.29 is 37.3 Å². The zero-order valence-corrected chi connectivity index (χ0v) is 28.3. The van der Waals surface area contributed by atoms with Crippen LogP contribution >= 0.6 is 0 Å². The molecule has 2 saturated heterocycles. The number of nitrogens with zero attached hydrogens (tertiary/aromatic N) is 3. The number of piperidine rings is 1. The molecule has 0 unspecified atom stereocenters. The summed E-state index contributed by atoms with van der Waals surface area (Å²) >= 11 is 0. The number of fused-ring (bicyclic) bond motifs is 1. The van der Waals surface area contributed by atoms with Gasteiger partial charge in [0.15, 0.2) is 0 Å². The molecule has 3 aromatic rings. The van der Waals surface area contributed by atoms with Gasteiger partial charge in [-0.05, 0) is 87.9 Å². The number of alkyl halides is 2. The van der Waals surface area contributed by atoms with Crippen LogP contribution in [0.15, 0.2) is 36.5 Å². The summed E-state index contributed by atoms with van der Waals surface area (Å²) in [5.41, 5.74) is 3.71. The van der Waals surface area contributed by atoms with Gasteiger partial charge in [0, 0.05) is 68.5 Å². The number of hydrogen-bond acceptors (Lipinski definition) is 8. The molecule has 3 heterocycles. The highest BCUT2D eigenvalue weighted by Gasteiger charge is 2.58. The van der Waals surface area contributed by atoms with E-state index in [4.69, 9.17) is 18.9 Å². The summed E-state index contributed by atoms with van der Waals surface area (Å²) in [5.74, 6) is -2.39. The quantitative estimate of drug-likeness (QED) is 0.250. The number of likely N-dealkylation sites (tertiary alicyclic amines) is 1. The molecule has 1 aromatic heterocycles. The maximum Gasteiger partial charge on any atom is 0.419 e. The van der Waals surface area contributed by atoms with Crippen LogP contribution in [0, 0.1) is 12.3 Å². The Morgan fingerprint density at radius 2 is 1.77 bits per heavy atom. The molecule has 9 nitrogen and oxygen atoms in total. The third kappa shape index (κ3) is 6.32. The number of esters is 1. The van der Waals surface area contributed by atoms with Gasteiger partial charge in [-0.3, -0.25) is 9.47 Å². The lowest BCUT2D eigenvalue weighted by Crippen LogP contribution is -2.54. The molecule has 254 valence electrons. The molecule has 1 saturated carbocycles. The van der Waals surface area contributed by atoms with Crippen molar-refractivity contribution in [3.8, 4) is 5.75 Å². The van der Waals surface area contributed by atoms with Gasteiger partial charge in [0.05, 0.1) is 31.4 Å². The number of anilines is 1. The van der Waals surface area contributed by atoms with Crippen molar-refractivity contribution in [2.24, 2.45) is 5.41 Å². The van der Waals surface area contributed by atoms with Gasteiger partial charge in [0.2, 0.25) is 5.92 Å². The van der Waals surface area contributed by atoms with E-state index in [1.54, 1.807) is 26.5 Å². The van der Waals surface area contributed by atoms with Crippen LogP contribution in [0.25, 0.3) is 10.9 Å².